The van der Waals surface area contributed by atoms with Crippen LogP contribution in [0.4, 0.5) is 0 Å². The summed E-state index contributed by atoms with van der Waals surface area (Å²) >= 11 is 3.30. The lowest BCUT2D eigenvalue weighted by molar-refractivity contribution is 0.0783. The van der Waals surface area contributed by atoms with Gasteiger partial charge < -0.3 is 14.6 Å². The molecule has 0 saturated heterocycles. The average molecular weight is 337 g/mol. The van der Waals surface area contributed by atoms with Crippen molar-refractivity contribution in [3.63, 3.8) is 0 Å². The summed E-state index contributed by atoms with van der Waals surface area (Å²) in [7, 11) is 1.79. The van der Waals surface area contributed by atoms with Crippen molar-refractivity contribution in [2.45, 2.75) is 6.54 Å². The van der Waals surface area contributed by atoms with Crippen LogP contribution in [0.25, 0.3) is 0 Å². The van der Waals surface area contributed by atoms with Gasteiger partial charge in [0, 0.05) is 29.8 Å². The summed E-state index contributed by atoms with van der Waals surface area (Å²) in [4.78, 5) is 17.0. The Labute approximate surface area is 126 Å². The maximum atomic E-state index is 12.3. The Balaban J connectivity index is 1.97. The van der Waals surface area contributed by atoms with Gasteiger partial charge in [-0.1, -0.05) is 15.9 Å². The second-order valence-corrected chi connectivity index (χ2v) is 5.21. The predicted molar refractivity (Wildman–Crippen MR) is 82.3 cm³/mol. The maximum absolute atomic E-state index is 12.3. The van der Waals surface area contributed by atoms with Gasteiger partial charge in [0.05, 0.1) is 13.2 Å². The molecule has 0 aliphatic heterocycles. The third-order valence-corrected chi connectivity index (χ3v) is 3.19. The number of aromatic amines is 1. The third-order valence-electron chi connectivity index (χ3n) is 2.86. The number of amides is 1. The van der Waals surface area contributed by atoms with E-state index in [2.05, 4.69) is 20.9 Å². The molecule has 0 bridgehead atoms. The number of H-pyrrole nitrogens is 1. The van der Waals surface area contributed by atoms with Gasteiger partial charge in [-0.25, -0.2) is 0 Å². The van der Waals surface area contributed by atoms with Gasteiger partial charge in [-0.05, 0) is 36.4 Å². The zero-order valence-electron chi connectivity index (χ0n) is 11.3. The van der Waals surface area contributed by atoms with E-state index in [1.807, 2.05) is 30.5 Å². The number of alkyl halides is 1. The molecule has 2 rings (SSSR count). The lowest BCUT2D eigenvalue weighted by Gasteiger charge is -2.16. The minimum atomic E-state index is -0.00774. The van der Waals surface area contributed by atoms with Crippen LogP contribution in [0.1, 0.15) is 16.1 Å². The topological polar surface area (TPSA) is 45.3 Å². The standard InChI is InChI=1S/C15H17BrN2O2/c1-18(11-13-3-2-9-17-13)15(19)12-4-6-14(7-5-12)20-10-8-16/h2-7,9,17H,8,10-11H2,1H3. The summed E-state index contributed by atoms with van der Waals surface area (Å²) < 4.78 is 5.46. The molecule has 4 nitrogen and oxygen atoms in total. The molecule has 0 fully saturated rings. The molecule has 0 spiro atoms. The largest absolute Gasteiger partial charge is 0.493 e. The smallest absolute Gasteiger partial charge is 0.253 e. The molecule has 20 heavy (non-hydrogen) atoms. The lowest BCUT2D eigenvalue weighted by Crippen LogP contribution is -2.26. The maximum Gasteiger partial charge on any atom is 0.253 e. The molecular weight excluding hydrogens is 320 g/mol. The van der Waals surface area contributed by atoms with Gasteiger partial charge in [0.1, 0.15) is 5.75 Å². The second-order valence-electron chi connectivity index (χ2n) is 4.42. The zero-order valence-corrected chi connectivity index (χ0v) is 12.9. The minimum Gasteiger partial charge on any atom is -0.493 e. The number of hydrogen-bond acceptors (Lipinski definition) is 2. The first-order valence-corrected chi connectivity index (χ1v) is 7.49. The number of aromatic nitrogens is 1. The van der Waals surface area contributed by atoms with Crippen LogP contribution in [0.3, 0.4) is 0 Å². The number of benzene rings is 1. The van der Waals surface area contributed by atoms with Gasteiger partial charge in [0.2, 0.25) is 0 Å². The number of ether oxygens (including phenoxy) is 1. The van der Waals surface area contributed by atoms with Crippen LogP contribution in [0.15, 0.2) is 42.6 Å². The van der Waals surface area contributed by atoms with Crippen molar-refractivity contribution in [2.75, 3.05) is 19.0 Å². The summed E-state index contributed by atoms with van der Waals surface area (Å²) in [5.41, 5.74) is 1.67. The first kappa shape index (κ1) is 14.7. The monoisotopic (exact) mass is 336 g/mol. The number of hydrogen-bond donors (Lipinski definition) is 1. The van der Waals surface area contributed by atoms with Crippen molar-refractivity contribution in [1.82, 2.24) is 9.88 Å². The number of nitrogens with zero attached hydrogens (tertiary/aromatic N) is 1. The molecule has 1 aromatic carbocycles. The lowest BCUT2D eigenvalue weighted by atomic mass is 10.2. The summed E-state index contributed by atoms with van der Waals surface area (Å²) in [6.45, 7) is 1.17. The predicted octanol–water partition coefficient (Wildman–Crippen LogP) is 3.06. The van der Waals surface area contributed by atoms with E-state index in [1.165, 1.54) is 0 Å². The Morgan fingerprint density at radius 3 is 2.65 bits per heavy atom. The van der Waals surface area contributed by atoms with Crippen LogP contribution in [0.2, 0.25) is 0 Å². The fourth-order valence-corrected chi connectivity index (χ4v) is 2.03. The van der Waals surface area contributed by atoms with E-state index in [0.717, 1.165) is 16.8 Å². The van der Waals surface area contributed by atoms with Crippen molar-refractivity contribution in [3.05, 3.63) is 53.9 Å². The van der Waals surface area contributed by atoms with Crippen LogP contribution >= 0.6 is 15.9 Å². The van der Waals surface area contributed by atoms with Gasteiger partial charge in [-0.2, -0.15) is 0 Å². The Morgan fingerprint density at radius 2 is 2.05 bits per heavy atom. The third kappa shape index (κ3) is 3.87. The normalized spacial score (nSPS) is 10.3. The van der Waals surface area contributed by atoms with E-state index in [1.54, 1.807) is 24.1 Å². The number of halogens is 1. The molecule has 0 saturated carbocycles. The van der Waals surface area contributed by atoms with E-state index in [-0.39, 0.29) is 5.91 Å². The van der Waals surface area contributed by atoms with Gasteiger partial charge in [-0.15, -0.1) is 0 Å². The van der Waals surface area contributed by atoms with Crippen LogP contribution in [0.5, 0.6) is 5.75 Å². The Morgan fingerprint density at radius 1 is 1.30 bits per heavy atom. The summed E-state index contributed by atoms with van der Waals surface area (Å²) in [5.74, 6) is 0.764. The highest BCUT2D eigenvalue weighted by Crippen LogP contribution is 2.14. The van der Waals surface area contributed by atoms with Crippen molar-refractivity contribution < 1.29 is 9.53 Å². The van der Waals surface area contributed by atoms with Crippen LogP contribution in [-0.4, -0.2) is 34.8 Å². The van der Waals surface area contributed by atoms with Gasteiger partial charge in [0.25, 0.3) is 5.91 Å². The molecule has 0 aliphatic rings. The molecule has 0 unspecified atom stereocenters. The van der Waals surface area contributed by atoms with Crippen molar-refractivity contribution in [2.24, 2.45) is 0 Å². The summed E-state index contributed by atoms with van der Waals surface area (Å²) in [6.07, 6.45) is 1.85. The molecule has 0 aliphatic carbocycles. The molecule has 1 N–H and O–H groups in total. The Kier molecular flexibility index (Phi) is 5.24. The Hall–Kier alpha value is -1.75. The summed E-state index contributed by atoms with van der Waals surface area (Å²) in [5, 5.41) is 0.784. The molecular formula is C15H17BrN2O2. The van der Waals surface area contributed by atoms with E-state index >= 15 is 0 Å². The highest BCUT2D eigenvalue weighted by Gasteiger charge is 2.12. The fourth-order valence-electron chi connectivity index (χ4n) is 1.86. The van der Waals surface area contributed by atoms with Crippen molar-refractivity contribution in [3.8, 4) is 5.75 Å². The zero-order chi connectivity index (χ0) is 14.4. The quantitative estimate of drug-likeness (QED) is 0.824. The van der Waals surface area contributed by atoms with Gasteiger partial charge >= 0.3 is 0 Å². The molecule has 0 atom stereocenters. The summed E-state index contributed by atoms with van der Waals surface area (Å²) in [6, 6.07) is 11.1. The van der Waals surface area contributed by atoms with E-state index < -0.39 is 0 Å². The SMILES string of the molecule is CN(Cc1ccc[nH]1)C(=O)c1ccc(OCCBr)cc1. The van der Waals surface area contributed by atoms with Gasteiger partial charge in [0.15, 0.2) is 0 Å². The highest BCUT2D eigenvalue weighted by atomic mass is 79.9. The highest BCUT2D eigenvalue weighted by molar-refractivity contribution is 9.09. The van der Waals surface area contributed by atoms with Crippen molar-refractivity contribution in [1.29, 1.82) is 0 Å². The first-order chi connectivity index (χ1) is 9.70. The molecule has 1 heterocycles. The molecule has 5 heteroatoms. The number of rotatable bonds is 6. The van der Waals surface area contributed by atoms with E-state index in [0.29, 0.717) is 18.7 Å². The number of carbonyl (C=O) groups is 1. The molecule has 106 valence electrons. The second kappa shape index (κ2) is 7.14. The van der Waals surface area contributed by atoms with E-state index in [9.17, 15) is 4.79 Å². The number of carbonyl (C=O) groups excluding carboxylic acids is 1. The molecule has 1 amide bonds. The van der Waals surface area contributed by atoms with Crippen molar-refractivity contribution >= 4 is 21.8 Å². The number of nitrogens with one attached hydrogen (secondary N) is 1. The van der Waals surface area contributed by atoms with Crippen LogP contribution < -0.4 is 4.74 Å². The van der Waals surface area contributed by atoms with Gasteiger partial charge in [-0.3, -0.25) is 4.79 Å². The Bertz CT molecular complexity index is 538. The first-order valence-electron chi connectivity index (χ1n) is 6.37. The fraction of sp³-hybridized carbons (Fsp3) is 0.267. The molecule has 1 aromatic heterocycles. The molecule has 2 aromatic rings. The minimum absolute atomic E-state index is 0.00774. The average Bonchev–Trinajstić information content (AvgIpc) is 2.97. The molecule has 0 radical (unpaired) electrons. The van der Waals surface area contributed by atoms with Crippen LogP contribution in [0, 0.1) is 0 Å². The van der Waals surface area contributed by atoms with Crippen LogP contribution in [-0.2, 0) is 6.54 Å². The van der Waals surface area contributed by atoms with E-state index in [4.69, 9.17) is 4.74 Å².